The van der Waals surface area contributed by atoms with Crippen molar-refractivity contribution in [3.8, 4) is 5.75 Å². The number of thioether (sulfide) groups is 1. The van der Waals surface area contributed by atoms with Crippen LogP contribution in [-0.2, 0) is 16.6 Å². The molecule has 2 amide bonds. The summed E-state index contributed by atoms with van der Waals surface area (Å²) >= 11 is 8.19. The molecule has 13 heteroatoms. The minimum absolute atomic E-state index is 0.0148. The number of halogens is 1. The second-order valence-corrected chi connectivity index (χ2v) is 10.9. The molecule has 3 rings (SSSR count). The molecule has 0 aliphatic heterocycles. The zero-order valence-electron chi connectivity index (χ0n) is 21.2. The maximum absolute atomic E-state index is 12.7. The van der Waals surface area contributed by atoms with E-state index in [1.54, 1.807) is 44.5 Å². The number of rotatable bonds is 10. The summed E-state index contributed by atoms with van der Waals surface area (Å²) < 4.78 is 13.0. The van der Waals surface area contributed by atoms with Gasteiger partial charge >= 0.3 is 5.97 Å². The van der Waals surface area contributed by atoms with Crippen molar-refractivity contribution in [1.82, 2.24) is 14.8 Å². The van der Waals surface area contributed by atoms with Gasteiger partial charge in [-0.25, -0.2) is 4.79 Å². The van der Waals surface area contributed by atoms with Crippen LogP contribution in [-0.4, -0.2) is 44.4 Å². The van der Waals surface area contributed by atoms with E-state index in [4.69, 9.17) is 26.8 Å². The number of aryl methyl sites for hydroxylation is 1. The Labute approximate surface area is 227 Å². The third-order valence-electron chi connectivity index (χ3n) is 5.18. The number of esters is 1. The Morgan fingerprint density at radius 2 is 1.92 bits per heavy atom. The Morgan fingerprint density at radius 3 is 2.54 bits per heavy atom. The minimum atomic E-state index is -0.687. The number of hydrogen-bond acceptors (Lipinski definition) is 9. The Hall–Kier alpha value is -3.09. The fourth-order valence-electron chi connectivity index (χ4n) is 3.40. The van der Waals surface area contributed by atoms with Gasteiger partial charge in [0.25, 0.3) is 5.91 Å². The lowest BCUT2D eigenvalue weighted by molar-refractivity contribution is -0.113. The normalized spacial score (nSPS) is 11.9. The van der Waals surface area contributed by atoms with E-state index >= 15 is 0 Å². The van der Waals surface area contributed by atoms with Crippen molar-refractivity contribution in [2.75, 3.05) is 11.1 Å². The number of nitrogens with zero attached hydrogens (tertiary/aromatic N) is 3. The predicted octanol–water partition coefficient (Wildman–Crippen LogP) is 4.68. The highest BCUT2D eigenvalue weighted by atomic mass is 35.5. The maximum Gasteiger partial charge on any atom is 0.341 e. The van der Waals surface area contributed by atoms with Crippen LogP contribution in [0.4, 0.5) is 5.00 Å². The summed E-state index contributed by atoms with van der Waals surface area (Å²) in [6.45, 7) is 8.75. The van der Waals surface area contributed by atoms with Crippen molar-refractivity contribution in [3.63, 3.8) is 0 Å². The van der Waals surface area contributed by atoms with Crippen molar-refractivity contribution in [3.05, 3.63) is 50.6 Å². The molecule has 3 N–H and O–H groups in total. The molecule has 0 bridgehead atoms. The van der Waals surface area contributed by atoms with Crippen LogP contribution < -0.4 is 15.8 Å². The smallest absolute Gasteiger partial charge is 0.341 e. The minimum Gasteiger partial charge on any atom is -0.483 e. The fraction of sp³-hybridized carbons (Fsp3) is 0.375. The molecule has 0 saturated carbocycles. The van der Waals surface area contributed by atoms with Crippen molar-refractivity contribution < 1.29 is 23.9 Å². The fourth-order valence-corrected chi connectivity index (χ4v) is 5.30. The highest BCUT2D eigenvalue weighted by molar-refractivity contribution is 7.99. The maximum atomic E-state index is 12.7. The van der Waals surface area contributed by atoms with Gasteiger partial charge in [-0.3, -0.25) is 9.59 Å². The van der Waals surface area contributed by atoms with E-state index in [-0.39, 0.29) is 27.3 Å². The van der Waals surface area contributed by atoms with Crippen molar-refractivity contribution in [2.24, 2.45) is 12.8 Å². The van der Waals surface area contributed by atoms with Crippen LogP contribution in [0, 0.1) is 13.8 Å². The van der Waals surface area contributed by atoms with Crippen molar-refractivity contribution in [1.29, 1.82) is 0 Å². The quantitative estimate of drug-likeness (QED) is 0.267. The largest absolute Gasteiger partial charge is 0.483 e. The van der Waals surface area contributed by atoms with Crippen LogP contribution in [0.2, 0.25) is 5.02 Å². The first kappa shape index (κ1) is 28.5. The van der Waals surface area contributed by atoms with Gasteiger partial charge in [0.1, 0.15) is 10.8 Å². The second-order valence-electron chi connectivity index (χ2n) is 8.49. The van der Waals surface area contributed by atoms with Crippen molar-refractivity contribution in [2.45, 2.75) is 52.0 Å². The highest BCUT2D eigenvalue weighted by Crippen LogP contribution is 2.34. The molecule has 2 heterocycles. The summed E-state index contributed by atoms with van der Waals surface area (Å²) in [6.07, 6.45) is -0.778. The number of anilines is 1. The van der Waals surface area contributed by atoms with Gasteiger partial charge in [0.05, 0.1) is 22.3 Å². The number of thiophene rings is 1. The lowest BCUT2D eigenvalue weighted by atomic mass is 10.1. The first-order valence-corrected chi connectivity index (χ1v) is 13.5. The van der Waals surface area contributed by atoms with Gasteiger partial charge in [-0.2, -0.15) is 0 Å². The summed E-state index contributed by atoms with van der Waals surface area (Å²) in [5.41, 5.74) is 6.83. The first-order chi connectivity index (χ1) is 17.4. The highest BCUT2D eigenvalue weighted by Gasteiger charge is 2.27. The molecule has 0 aliphatic carbocycles. The number of aromatic nitrogens is 3. The van der Waals surface area contributed by atoms with Gasteiger partial charge in [-0.05, 0) is 63.9 Å². The number of nitrogens with two attached hydrogens (primary N) is 1. The molecule has 0 spiro atoms. The zero-order valence-corrected chi connectivity index (χ0v) is 23.6. The van der Waals surface area contributed by atoms with E-state index in [1.807, 2.05) is 19.9 Å². The van der Waals surface area contributed by atoms with Gasteiger partial charge in [-0.15, -0.1) is 21.5 Å². The number of hydrogen-bond donors (Lipinski definition) is 2. The molecule has 0 aliphatic rings. The summed E-state index contributed by atoms with van der Waals surface area (Å²) in [7, 11) is 1.78. The van der Waals surface area contributed by atoms with E-state index in [1.165, 1.54) is 11.8 Å². The Morgan fingerprint density at radius 1 is 1.22 bits per heavy atom. The molecule has 3 aromatic rings. The van der Waals surface area contributed by atoms with Gasteiger partial charge in [-0.1, -0.05) is 23.4 Å². The monoisotopic (exact) mass is 565 g/mol. The topological polar surface area (TPSA) is 138 Å². The van der Waals surface area contributed by atoms with Crippen LogP contribution in [0.3, 0.4) is 0 Å². The molecular weight excluding hydrogens is 538 g/mol. The van der Waals surface area contributed by atoms with Gasteiger partial charge in [0.15, 0.2) is 17.1 Å². The number of ether oxygens (including phenoxy) is 2. The molecule has 1 atom stereocenters. The van der Waals surface area contributed by atoms with Crippen LogP contribution in [0.1, 0.15) is 63.9 Å². The number of carbonyl (C=O) groups is 3. The molecule has 0 saturated heterocycles. The van der Waals surface area contributed by atoms with Crippen molar-refractivity contribution >= 4 is 57.5 Å². The first-order valence-electron chi connectivity index (χ1n) is 11.3. The van der Waals surface area contributed by atoms with E-state index in [9.17, 15) is 14.4 Å². The van der Waals surface area contributed by atoms with Crippen LogP contribution in [0.25, 0.3) is 0 Å². The van der Waals surface area contributed by atoms with E-state index in [0.29, 0.717) is 27.3 Å². The van der Waals surface area contributed by atoms with Crippen LogP contribution >= 0.6 is 34.7 Å². The summed E-state index contributed by atoms with van der Waals surface area (Å²) in [5.74, 6) is -0.506. The molecule has 1 aromatic carbocycles. The zero-order chi connectivity index (χ0) is 27.4. The van der Waals surface area contributed by atoms with E-state index in [0.717, 1.165) is 16.9 Å². The predicted molar refractivity (Wildman–Crippen MR) is 144 cm³/mol. The number of primary amides is 1. The molecule has 37 heavy (non-hydrogen) atoms. The van der Waals surface area contributed by atoms with E-state index < -0.39 is 23.9 Å². The van der Waals surface area contributed by atoms with Crippen LogP contribution in [0.15, 0.2) is 23.4 Å². The van der Waals surface area contributed by atoms with Gasteiger partial charge in [0, 0.05) is 12.1 Å². The number of nitrogens with one attached hydrogen (secondary N) is 1. The van der Waals surface area contributed by atoms with Gasteiger partial charge in [0.2, 0.25) is 5.91 Å². The standard InChI is InChI=1S/C24H28ClN5O5S2/c1-11(2)34-23(33)18-13(4)19(20(26)32)37-22(18)27-17(31)10-36-24-29-28-21(30(24)6)14(5)35-15-7-8-16(25)12(3)9-15/h7-9,11,14H,10H2,1-6H3,(H2,26,32)(H,27,31). The molecule has 198 valence electrons. The summed E-state index contributed by atoms with van der Waals surface area (Å²) in [5, 5.41) is 12.5. The number of benzene rings is 1. The Balaban J connectivity index is 1.68. The molecule has 2 aromatic heterocycles. The lowest BCUT2D eigenvalue weighted by Crippen LogP contribution is -2.18. The third kappa shape index (κ3) is 6.82. The average Bonchev–Trinajstić information content (AvgIpc) is 3.33. The van der Waals surface area contributed by atoms with Gasteiger partial charge < -0.3 is 25.1 Å². The average molecular weight is 566 g/mol. The molecule has 10 nitrogen and oxygen atoms in total. The molecule has 1 unspecified atom stereocenters. The Bertz CT molecular complexity index is 1340. The lowest BCUT2D eigenvalue weighted by Gasteiger charge is -2.15. The molecular formula is C24H28ClN5O5S2. The number of amides is 2. The molecule has 0 radical (unpaired) electrons. The number of carbonyl (C=O) groups excluding carboxylic acids is 3. The Kier molecular flexibility index (Phi) is 9.21. The summed E-state index contributed by atoms with van der Waals surface area (Å²) in [6, 6.07) is 5.39. The van der Waals surface area contributed by atoms with E-state index in [2.05, 4.69) is 15.5 Å². The SMILES string of the molecule is Cc1cc(OC(C)c2nnc(SCC(=O)Nc3sc(C(N)=O)c(C)c3C(=O)OC(C)C)n2C)ccc1Cl. The second kappa shape index (κ2) is 12.0. The summed E-state index contributed by atoms with van der Waals surface area (Å²) in [4.78, 5) is 37.3. The molecule has 0 fully saturated rings. The van der Waals surface area contributed by atoms with Crippen LogP contribution in [0.5, 0.6) is 5.75 Å². The third-order valence-corrected chi connectivity index (χ3v) is 7.84.